The molecule has 192 valence electrons. The fourth-order valence-corrected chi connectivity index (χ4v) is 3.52. The Labute approximate surface area is 204 Å². The Kier molecular flexibility index (Phi) is 9.78. The van der Waals surface area contributed by atoms with E-state index in [1.54, 1.807) is 0 Å². The molecular weight excluding hydrogens is 494 g/mol. The van der Waals surface area contributed by atoms with E-state index in [9.17, 15) is 29.3 Å². The van der Waals surface area contributed by atoms with Crippen LogP contribution in [0.5, 0.6) is 5.75 Å². The lowest BCUT2D eigenvalue weighted by Gasteiger charge is -2.44. The van der Waals surface area contributed by atoms with Crippen LogP contribution in [-0.2, 0) is 48.7 Å². The smallest absolute Gasteiger partial charge is 0.303 e. The number of alkyl halides is 1. The molecule has 35 heavy (non-hydrogen) atoms. The molecule has 0 bridgehead atoms. The number of carbonyl (C=O) groups excluding carboxylic acids is 4. The Hall–Kier alpha value is -3.45. The summed E-state index contributed by atoms with van der Waals surface area (Å²) in [4.78, 5) is 57.4. The van der Waals surface area contributed by atoms with Crippen LogP contribution in [0.4, 0.5) is 5.69 Å². The van der Waals surface area contributed by atoms with E-state index in [1.807, 2.05) is 0 Å². The third kappa shape index (κ3) is 7.79. The number of hydrogen-bond donors (Lipinski definition) is 0. The molecule has 0 N–H and O–H groups in total. The zero-order valence-electron chi connectivity index (χ0n) is 19.3. The topological polar surface area (TPSA) is 167 Å². The van der Waals surface area contributed by atoms with E-state index in [1.165, 1.54) is 12.1 Å². The summed E-state index contributed by atoms with van der Waals surface area (Å²) in [5.74, 6) is -3.17. The molecule has 0 amide bonds. The van der Waals surface area contributed by atoms with Crippen molar-refractivity contribution in [1.82, 2.24) is 0 Å². The van der Waals surface area contributed by atoms with Crippen molar-refractivity contribution in [2.24, 2.45) is 0 Å². The predicted molar refractivity (Wildman–Crippen MR) is 115 cm³/mol. The van der Waals surface area contributed by atoms with Crippen LogP contribution >= 0.6 is 11.6 Å². The van der Waals surface area contributed by atoms with Gasteiger partial charge in [-0.3, -0.25) is 29.3 Å². The van der Waals surface area contributed by atoms with Gasteiger partial charge in [0.25, 0.3) is 5.69 Å². The number of rotatable bonds is 9. The second-order valence-corrected chi connectivity index (χ2v) is 7.64. The highest BCUT2D eigenvalue weighted by Gasteiger charge is 2.53. The maximum atomic E-state index is 11.9. The van der Waals surface area contributed by atoms with Gasteiger partial charge < -0.3 is 28.4 Å². The molecule has 0 spiro atoms. The average molecular weight is 518 g/mol. The summed E-state index contributed by atoms with van der Waals surface area (Å²) >= 11 is 5.93. The number of esters is 4. The summed E-state index contributed by atoms with van der Waals surface area (Å²) in [6.07, 6.45) is -6.91. The molecular formula is C21H24ClNO12. The minimum absolute atomic E-state index is 0.0477. The quantitative estimate of drug-likeness (QED) is 0.153. The van der Waals surface area contributed by atoms with Gasteiger partial charge in [0.05, 0.1) is 10.8 Å². The first-order valence-corrected chi connectivity index (χ1v) is 10.8. The molecule has 14 heteroatoms. The van der Waals surface area contributed by atoms with Gasteiger partial charge in [-0.15, -0.1) is 11.6 Å². The minimum Gasteiger partial charge on any atom is -0.463 e. The molecule has 13 nitrogen and oxygen atoms in total. The van der Waals surface area contributed by atoms with E-state index < -0.39 is 66.1 Å². The first kappa shape index (κ1) is 27.8. The zero-order valence-corrected chi connectivity index (χ0v) is 20.0. The molecule has 5 atom stereocenters. The summed E-state index contributed by atoms with van der Waals surface area (Å²) in [5, 5.41) is 11.1. The van der Waals surface area contributed by atoms with Crippen LogP contribution in [0.25, 0.3) is 0 Å². The first-order valence-electron chi connectivity index (χ1n) is 10.2. The molecule has 1 aromatic carbocycles. The summed E-state index contributed by atoms with van der Waals surface area (Å²) in [7, 11) is 0. The van der Waals surface area contributed by atoms with Crippen LogP contribution in [0.3, 0.4) is 0 Å². The SMILES string of the molecule is CC(=O)OC[C@H]1O[C@H](Oc2ccc([N+](=O)[O-])cc2CCl)[C@H](OC(C)=O)[C@@H](OC(C)=O)[C@@H]1OC(C)=O. The lowest BCUT2D eigenvalue weighted by molar-refractivity contribution is -0.385. The molecule has 0 aromatic heterocycles. The van der Waals surface area contributed by atoms with Crippen molar-refractivity contribution < 1.29 is 52.5 Å². The third-order valence-electron chi connectivity index (χ3n) is 4.59. The van der Waals surface area contributed by atoms with Gasteiger partial charge in [-0.25, -0.2) is 0 Å². The summed E-state index contributed by atoms with van der Waals surface area (Å²) < 4.78 is 32.6. The number of non-ortho nitro benzene ring substituents is 1. The number of hydrogen-bond acceptors (Lipinski definition) is 12. The highest BCUT2D eigenvalue weighted by atomic mass is 35.5. The predicted octanol–water partition coefficient (Wildman–Crippen LogP) is 1.80. The van der Waals surface area contributed by atoms with Crippen LogP contribution in [0.15, 0.2) is 18.2 Å². The molecule has 1 aliphatic rings. The van der Waals surface area contributed by atoms with Crippen molar-refractivity contribution in [3.8, 4) is 5.75 Å². The molecule has 0 radical (unpaired) electrons. The summed E-state index contributed by atoms with van der Waals surface area (Å²) in [6.45, 7) is 3.99. The molecule has 2 rings (SSSR count). The molecule has 1 heterocycles. The Morgan fingerprint density at radius 2 is 1.51 bits per heavy atom. The maximum Gasteiger partial charge on any atom is 0.303 e. The van der Waals surface area contributed by atoms with Gasteiger partial charge in [-0.05, 0) is 6.07 Å². The van der Waals surface area contributed by atoms with Gasteiger partial charge >= 0.3 is 23.9 Å². The maximum absolute atomic E-state index is 11.9. The zero-order chi connectivity index (χ0) is 26.3. The van der Waals surface area contributed by atoms with E-state index in [-0.39, 0.29) is 22.9 Å². The normalized spacial score (nSPS) is 23.5. The molecule has 0 unspecified atom stereocenters. The number of nitrogens with zero attached hydrogens (tertiary/aromatic N) is 1. The van der Waals surface area contributed by atoms with Crippen molar-refractivity contribution in [3.63, 3.8) is 0 Å². The van der Waals surface area contributed by atoms with Crippen molar-refractivity contribution in [3.05, 3.63) is 33.9 Å². The number of benzene rings is 1. The number of nitro groups is 1. The Morgan fingerprint density at radius 1 is 0.943 bits per heavy atom. The van der Waals surface area contributed by atoms with E-state index in [0.29, 0.717) is 0 Å². The minimum atomic E-state index is -1.49. The van der Waals surface area contributed by atoms with Crippen LogP contribution in [0.1, 0.15) is 33.3 Å². The van der Waals surface area contributed by atoms with Gasteiger partial charge in [0.15, 0.2) is 12.2 Å². The second kappa shape index (κ2) is 12.3. The van der Waals surface area contributed by atoms with Crippen LogP contribution < -0.4 is 4.74 Å². The Morgan fingerprint density at radius 3 is 2.03 bits per heavy atom. The Balaban J connectivity index is 2.52. The van der Waals surface area contributed by atoms with Crippen molar-refractivity contribution in [2.45, 2.75) is 64.3 Å². The van der Waals surface area contributed by atoms with Gasteiger partial charge in [-0.1, -0.05) is 0 Å². The third-order valence-corrected chi connectivity index (χ3v) is 4.88. The number of carbonyl (C=O) groups is 4. The van der Waals surface area contributed by atoms with E-state index >= 15 is 0 Å². The van der Waals surface area contributed by atoms with Gasteiger partial charge in [0.1, 0.15) is 18.5 Å². The molecule has 0 saturated carbocycles. The fraction of sp³-hybridized carbons (Fsp3) is 0.524. The van der Waals surface area contributed by atoms with Crippen LogP contribution in [-0.4, -0.2) is 66.1 Å². The standard InChI is InChI=1S/C21H24ClNO12/c1-10(24)30-9-17-18(31-11(2)25)19(32-12(3)26)20(33-13(4)27)21(35-17)34-16-6-5-15(23(28)29)7-14(16)8-22/h5-7,17-21H,8-9H2,1-4H3/t17-,18-,19+,20-,21+/m1/s1. The number of nitro benzene ring substituents is 1. The monoisotopic (exact) mass is 517 g/mol. The van der Waals surface area contributed by atoms with E-state index in [0.717, 1.165) is 33.8 Å². The Bertz CT molecular complexity index is 983. The average Bonchev–Trinajstić information content (AvgIpc) is 2.75. The van der Waals surface area contributed by atoms with Crippen molar-refractivity contribution in [2.75, 3.05) is 6.61 Å². The van der Waals surface area contributed by atoms with E-state index in [4.69, 9.17) is 40.0 Å². The first-order chi connectivity index (χ1) is 16.4. The molecule has 0 aliphatic carbocycles. The number of ether oxygens (including phenoxy) is 6. The van der Waals surface area contributed by atoms with Crippen LogP contribution in [0, 0.1) is 10.1 Å². The lowest BCUT2D eigenvalue weighted by Crippen LogP contribution is -2.63. The van der Waals surface area contributed by atoms with Crippen molar-refractivity contribution >= 4 is 41.2 Å². The van der Waals surface area contributed by atoms with Crippen molar-refractivity contribution in [1.29, 1.82) is 0 Å². The lowest BCUT2D eigenvalue weighted by atomic mass is 9.98. The molecule has 1 aliphatic heterocycles. The highest BCUT2D eigenvalue weighted by Crippen LogP contribution is 2.33. The second-order valence-electron chi connectivity index (χ2n) is 7.37. The van der Waals surface area contributed by atoms with Gasteiger partial charge in [0.2, 0.25) is 12.4 Å². The summed E-state index contributed by atoms with van der Waals surface area (Å²) in [5.41, 5.74) is -0.0248. The largest absolute Gasteiger partial charge is 0.463 e. The summed E-state index contributed by atoms with van der Waals surface area (Å²) in [6, 6.07) is 3.62. The van der Waals surface area contributed by atoms with E-state index in [2.05, 4.69) is 0 Å². The van der Waals surface area contributed by atoms with Gasteiger partial charge in [0, 0.05) is 45.4 Å². The fourth-order valence-electron chi connectivity index (χ4n) is 3.31. The molecule has 1 aromatic rings. The van der Waals surface area contributed by atoms with Gasteiger partial charge in [-0.2, -0.15) is 0 Å². The highest BCUT2D eigenvalue weighted by molar-refractivity contribution is 6.17. The van der Waals surface area contributed by atoms with Crippen LogP contribution in [0.2, 0.25) is 0 Å². The molecule has 1 saturated heterocycles. The number of halogens is 1. The molecule has 1 fully saturated rings.